The fourth-order valence-corrected chi connectivity index (χ4v) is 3.50. The Hall–Kier alpha value is -2.64. The van der Waals surface area contributed by atoms with Gasteiger partial charge >= 0.3 is 0 Å². The maximum absolute atomic E-state index is 12.7. The molecule has 2 aliphatic heterocycles. The van der Waals surface area contributed by atoms with Gasteiger partial charge in [-0.1, -0.05) is 12.1 Å². The van der Waals surface area contributed by atoms with Crippen LogP contribution in [-0.4, -0.2) is 55.0 Å². The van der Waals surface area contributed by atoms with Crippen LogP contribution in [0.5, 0.6) is 5.75 Å². The zero-order valence-electron chi connectivity index (χ0n) is 15.3. The van der Waals surface area contributed by atoms with Crippen molar-refractivity contribution in [2.75, 3.05) is 38.7 Å². The fourth-order valence-electron chi connectivity index (χ4n) is 3.50. The van der Waals surface area contributed by atoms with Gasteiger partial charge in [-0.3, -0.25) is 4.79 Å². The summed E-state index contributed by atoms with van der Waals surface area (Å²) in [4.78, 5) is 18.9. The first kappa shape index (κ1) is 17.8. The van der Waals surface area contributed by atoms with Crippen LogP contribution in [0.4, 0.5) is 11.4 Å². The predicted octanol–water partition coefficient (Wildman–Crippen LogP) is 2.81. The van der Waals surface area contributed by atoms with Gasteiger partial charge in [-0.2, -0.15) is 0 Å². The van der Waals surface area contributed by atoms with E-state index in [1.165, 1.54) is 0 Å². The molecule has 3 heterocycles. The number of methoxy groups -OCH3 is 1. The van der Waals surface area contributed by atoms with Gasteiger partial charge in [0.2, 0.25) is 0 Å². The molecule has 2 saturated heterocycles. The van der Waals surface area contributed by atoms with E-state index in [1.807, 2.05) is 35.2 Å². The lowest BCUT2D eigenvalue weighted by molar-refractivity contribution is -0.181. The first-order valence-corrected chi connectivity index (χ1v) is 9.12. The number of hydrogen-bond acceptors (Lipinski definition) is 6. The number of hydrogen-bond donors (Lipinski definition) is 1. The van der Waals surface area contributed by atoms with Crippen LogP contribution in [-0.2, 0) is 9.47 Å². The molecule has 0 radical (unpaired) electrons. The molecule has 7 heteroatoms. The van der Waals surface area contributed by atoms with Crippen LogP contribution < -0.4 is 10.1 Å². The number of para-hydroxylation sites is 2. The number of amides is 1. The Morgan fingerprint density at radius 3 is 2.56 bits per heavy atom. The molecule has 1 aromatic carbocycles. The van der Waals surface area contributed by atoms with Crippen molar-refractivity contribution in [3.63, 3.8) is 0 Å². The van der Waals surface area contributed by atoms with E-state index < -0.39 is 5.79 Å². The highest BCUT2D eigenvalue weighted by Gasteiger charge is 2.40. The molecule has 0 atom stereocenters. The van der Waals surface area contributed by atoms with Crippen LogP contribution in [0.15, 0.2) is 42.6 Å². The Labute approximate surface area is 158 Å². The van der Waals surface area contributed by atoms with E-state index in [0.29, 0.717) is 44.8 Å². The van der Waals surface area contributed by atoms with Crippen LogP contribution >= 0.6 is 0 Å². The zero-order valence-corrected chi connectivity index (χ0v) is 15.3. The van der Waals surface area contributed by atoms with Crippen molar-refractivity contribution in [2.24, 2.45) is 0 Å². The number of carbonyl (C=O) groups excluding carboxylic acids is 1. The first-order chi connectivity index (χ1) is 13.2. The third-order valence-corrected chi connectivity index (χ3v) is 4.99. The number of benzene rings is 1. The zero-order chi connectivity index (χ0) is 18.7. The predicted molar refractivity (Wildman–Crippen MR) is 100 cm³/mol. The summed E-state index contributed by atoms with van der Waals surface area (Å²) in [5.41, 5.74) is 2.07. The Kier molecular flexibility index (Phi) is 4.96. The van der Waals surface area contributed by atoms with Gasteiger partial charge in [0.1, 0.15) is 11.4 Å². The molecule has 4 rings (SSSR count). The van der Waals surface area contributed by atoms with E-state index in [2.05, 4.69) is 10.3 Å². The number of ether oxygens (including phenoxy) is 3. The van der Waals surface area contributed by atoms with E-state index in [0.717, 1.165) is 17.1 Å². The highest BCUT2D eigenvalue weighted by atomic mass is 16.7. The van der Waals surface area contributed by atoms with Crippen LogP contribution in [0.25, 0.3) is 0 Å². The topological polar surface area (TPSA) is 72.9 Å². The molecular formula is C20H23N3O4. The normalized spacial score (nSPS) is 18.5. The smallest absolute Gasteiger partial charge is 0.272 e. The van der Waals surface area contributed by atoms with Crippen molar-refractivity contribution in [3.05, 3.63) is 48.3 Å². The molecule has 0 aliphatic carbocycles. The number of nitrogens with zero attached hydrogens (tertiary/aromatic N) is 2. The fraction of sp³-hybridized carbons (Fsp3) is 0.400. The summed E-state index contributed by atoms with van der Waals surface area (Å²) < 4.78 is 16.8. The monoisotopic (exact) mass is 369 g/mol. The SMILES string of the molecule is COc1ccccc1Nc1ccc(C(=O)N2CCC3(CC2)OCCO3)nc1. The Bertz CT molecular complexity index is 793. The van der Waals surface area contributed by atoms with Gasteiger partial charge in [0.05, 0.1) is 37.9 Å². The minimum Gasteiger partial charge on any atom is -0.495 e. The second kappa shape index (κ2) is 7.54. The lowest BCUT2D eigenvalue weighted by Crippen LogP contribution is -2.47. The van der Waals surface area contributed by atoms with Crippen LogP contribution in [0.3, 0.4) is 0 Å². The lowest BCUT2D eigenvalue weighted by atomic mass is 10.0. The van der Waals surface area contributed by atoms with Gasteiger partial charge < -0.3 is 24.4 Å². The van der Waals surface area contributed by atoms with Crippen LogP contribution in [0.1, 0.15) is 23.3 Å². The first-order valence-electron chi connectivity index (χ1n) is 9.12. The third kappa shape index (κ3) is 3.74. The van der Waals surface area contributed by atoms with Gasteiger partial charge in [-0.05, 0) is 24.3 Å². The number of piperidine rings is 1. The molecular weight excluding hydrogens is 346 g/mol. The second-order valence-electron chi connectivity index (χ2n) is 6.66. The summed E-state index contributed by atoms with van der Waals surface area (Å²) in [7, 11) is 1.63. The highest BCUT2D eigenvalue weighted by Crippen LogP contribution is 2.32. The molecule has 2 fully saturated rings. The summed E-state index contributed by atoms with van der Waals surface area (Å²) in [6.07, 6.45) is 3.06. The number of aromatic nitrogens is 1. The molecule has 7 nitrogen and oxygen atoms in total. The maximum Gasteiger partial charge on any atom is 0.272 e. The Morgan fingerprint density at radius 2 is 1.89 bits per heavy atom. The molecule has 2 aromatic rings. The van der Waals surface area contributed by atoms with E-state index in [1.54, 1.807) is 19.4 Å². The summed E-state index contributed by atoms with van der Waals surface area (Å²) in [5.74, 6) is 0.204. The van der Waals surface area contributed by atoms with E-state index >= 15 is 0 Å². The molecule has 27 heavy (non-hydrogen) atoms. The Morgan fingerprint density at radius 1 is 1.15 bits per heavy atom. The van der Waals surface area contributed by atoms with Gasteiger partial charge in [-0.25, -0.2) is 4.98 Å². The van der Waals surface area contributed by atoms with E-state index in [4.69, 9.17) is 14.2 Å². The average Bonchev–Trinajstić information content (AvgIpc) is 3.17. The minimum absolute atomic E-state index is 0.0633. The second-order valence-corrected chi connectivity index (χ2v) is 6.66. The number of nitrogens with one attached hydrogen (secondary N) is 1. The Balaban J connectivity index is 1.39. The molecule has 0 bridgehead atoms. The third-order valence-electron chi connectivity index (χ3n) is 4.99. The molecule has 142 valence electrons. The van der Waals surface area contributed by atoms with Gasteiger partial charge in [0.15, 0.2) is 5.79 Å². The molecule has 2 aliphatic rings. The van der Waals surface area contributed by atoms with E-state index in [9.17, 15) is 4.79 Å². The molecule has 1 N–H and O–H groups in total. The van der Waals surface area contributed by atoms with Crippen molar-refractivity contribution >= 4 is 17.3 Å². The molecule has 1 aromatic heterocycles. The summed E-state index contributed by atoms with van der Waals surface area (Å²) in [6.45, 7) is 2.50. The van der Waals surface area contributed by atoms with Crippen molar-refractivity contribution in [2.45, 2.75) is 18.6 Å². The lowest BCUT2D eigenvalue weighted by Gasteiger charge is -2.37. The summed E-state index contributed by atoms with van der Waals surface area (Å²) in [5, 5.41) is 3.26. The standard InChI is InChI=1S/C20H23N3O4/c1-25-18-5-3-2-4-16(18)22-15-6-7-17(21-14-15)19(24)23-10-8-20(9-11-23)26-12-13-27-20/h2-7,14,22H,8-13H2,1H3. The molecule has 0 unspecified atom stereocenters. The number of pyridine rings is 1. The molecule has 1 amide bonds. The van der Waals surface area contributed by atoms with Crippen molar-refractivity contribution in [3.8, 4) is 5.75 Å². The van der Waals surface area contributed by atoms with Crippen molar-refractivity contribution in [1.82, 2.24) is 9.88 Å². The molecule has 0 saturated carbocycles. The number of anilines is 2. The highest BCUT2D eigenvalue weighted by molar-refractivity contribution is 5.92. The summed E-state index contributed by atoms with van der Waals surface area (Å²) >= 11 is 0. The van der Waals surface area contributed by atoms with Crippen LogP contribution in [0, 0.1) is 0 Å². The molecule has 1 spiro atoms. The van der Waals surface area contributed by atoms with Crippen molar-refractivity contribution < 1.29 is 19.0 Å². The number of likely N-dealkylation sites (tertiary alicyclic amines) is 1. The quantitative estimate of drug-likeness (QED) is 0.893. The maximum atomic E-state index is 12.7. The van der Waals surface area contributed by atoms with Gasteiger partial charge in [-0.15, -0.1) is 0 Å². The average molecular weight is 369 g/mol. The van der Waals surface area contributed by atoms with Crippen molar-refractivity contribution in [1.29, 1.82) is 0 Å². The number of carbonyl (C=O) groups is 1. The summed E-state index contributed by atoms with van der Waals surface area (Å²) in [6, 6.07) is 11.2. The van der Waals surface area contributed by atoms with Crippen LogP contribution in [0.2, 0.25) is 0 Å². The number of rotatable bonds is 4. The van der Waals surface area contributed by atoms with E-state index in [-0.39, 0.29) is 5.91 Å². The van der Waals surface area contributed by atoms with Gasteiger partial charge in [0.25, 0.3) is 5.91 Å². The minimum atomic E-state index is -0.479. The van der Waals surface area contributed by atoms with Gasteiger partial charge in [0, 0.05) is 25.9 Å². The largest absolute Gasteiger partial charge is 0.495 e.